The average molecular weight is 201 g/mol. The van der Waals surface area contributed by atoms with Crippen LogP contribution >= 0.6 is 11.6 Å². The normalized spacial score (nSPS) is 9.46. The van der Waals surface area contributed by atoms with E-state index in [1.54, 1.807) is 18.2 Å². The molecule has 1 rings (SSSR count). The molecule has 0 aromatic heterocycles. The second-order valence-corrected chi connectivity index (χ2v) is 2.71. The number of hydrogen-bond acceptors (Lipinski definition) is 4. The van der Waals surface area contributed by atoms with Crippen LogP contribution in [0.25, 0.3) is 0 Å². The Labute approximate surface area is 80.6 Å². The number of hydrazine groups is 1. The molecule has 1 aromatic carbocycles. The smallest absolute Gasteiger partial charge is 0.340 e. The summed E-state index contributed by atoms with van der Waals surface area (Å²) in [5, 5.41) is 0.380. The third kappa shape index (κ3) is 1.91. The average Bonchev–Trinajstić information content (AvgIpc) is 2.16. The fraction of sp³-hybridized carbons (Fsp3) is 0.125. The number of rotatable bonds is 2. The lowest BCUT2D eigenvalue weighted by Gasteiger charge is -2.07. The summed E-state index contributed by atoms with van der Waals surface area (Å²) in [7, 11) is 1.30. The molecule has 0 aliphatic rings. The quantitative estimate of drug-likeness (QED) is 0.431. The predicted octanol–water partition coefficient (Wildman–Crippen LogP) is 1.41. The van der Waals surface area contributed by atoms with Gasteiger partial charge in [0.1, 0.15) is 0 Å². The SMILES string of the molecule is COC(=O)c1cccc(Cl)c1NN. The molecule has 0 saturated carbocycles. The molecule has 0 atom stereocenters. The van der Waals surface area contributed by atoms with E-state index in [2.05, 4.69) is 10.2 Å². The lowest BCUT2D eigenvalue weighted by molar-refractivity contribution is 0.0602. The number of nitrogens with two attached hydrogens (primary N) is 1. The molecular formula is C8H9ClN2O2. The third-order valence-corrected chi connectivity index (χ3v) is 1.88. The Balaban J connectivity index is 3.20. The van der Waals surface area contributed by atoms with Crippen molar-refractivity contribution in [3.8, 4) is 0 Å². The van der Waals surface area contributed by atoms with Gasteiger partial charge in [0.2, 0.25) is 0 Å². The first kappa shape index (κ1) is 9.83. The number of benzene rings is 1. The lowest BCUT2D eigenvalue weighted by atomic mass is 10.2. The topological polar surface area (TPSA) is 64.3 Å². The largest absolute Gasteiger partial charge is 0.465 e. The molecule has 4 nitrogen and oxygen atoms in total. The molecule has 0 bridgehead atoms. The van der Waals surface area contributed by atoms with Crippen LogP contribution in [0.4, 0.5) is 5.69 Å². The van der Waals surface area contributed by atoms with Gasteiger partial charge >= 0.3 is 5.97 Å². The highest BCUT2D eigenvalue weighted by molar-refractivity contribution is 6.34. The maximum Gasteiger partial charge on any atom is 0.340 e. The zero-order valence-electron chi connectivity index (χ0n) is 7.00. The van der Waals surface area contributed by atoms with Crippen LogP contribution in [0.2, 0.25) is 5.02 Å². The van der Waals surface area contributed by atoms with E-state index in [9.17, 15) is 4.79 Å². The van der Waals surface area contributed by atoms with Crippen molar-refractivity contribution < 1.29 is 9.53 Å². The standard InChI is InChI=1S/C8H9ClN2O2/c1-13-8(12)5-3-2-4-6(9)7(5)11-10/h2-4,11H,10H2,1H3. The maximum atomic E-state index is 11.2. The highest BCUT2D eigenvalue weighted by atomic mass is 35.5. The molecule has 0 amide bonds. The lowest BCUT2D eigenvalue weighted by Crippen LogP contribution is -2.13. The van der Waals surface area contributed by atoms with E-state index in [0.717, 1.165) is 0 Å². The Morgan fingerprint density at radius 3 is 2.85 bits per heavy atom. The zero-order valence-corrected chi connectivity index (χ0v) is 7.76. The Hall–Kier alpha value is -1.26. The molecule has 0 unspecified atom stereocenters. The van der Waals surface area contributed by atoms with Gasteiger partial charge in [0.15, 0.2) is 0 Å². The second-order valence-electron chi connectivity index (χ2n) is 2.30. The van der Waals surface area contributed by atoms with Crippen LogP contribution in [0, 0.1) is 0 Å². The van der Waals surface area contributed by atoms with Gasteiger partial charge in [-0.2, -0.15) is 0 Å². The first-order chi connectivity index (χ1) is 6.20. The Morgan fingerprint density at radius 2 is 2.31 bits per heavy atom. The maximum absolute atomic E-state index is 11.2. The zero-order chi connectivity index (χ0) is 9.84. The fourth-order valence-electron chi connectivity index (χ4n) is 0.951. The van der Waals surface area contributed by atoms with Crippen LogP contribution in [-0.4, -0.2) is 13.1 Å². The Bertz CT molecular complexity index is 328. The molecule has 0 aliphatic carbocycles. The van der Waals surface area contributed by atoms with E-state index < -0.39 is 5.97 Å². The summed E-state index contributed by atoms with van der Waals surface area (Å²) < 4.78 is 4.54. The van der Waals surface area contributed by atoms with Gasteiger partial charge in [-0.25, -0.2) is 4.79 Å². The van der Waals surface area contributed by atoms with Crippen LogP contribution in [0.3, 0.4) is 0 Å². The number of carbonyl (C=O) groups excluding carboxylic acids is 1. The summed E-state index contributed by atoms with van der Waals surface area (Å²) >= 11 is 5.78. The van der Waals surface area contributed by atoms with E-state index in [-0.39, 0.29) is 0 Å². The van der Waals surface area contributed by atoms with Gasteiger partial charge in [0, 0.05) is 0 Å². The van der Waals surface area contributed by atoms with Gasteiger partial charge < -0.3 is 10.2 Å². The molecule has 0 spiro atoms. The fourth-order valence-corrected chi connectivity index (χ4v) is 1.18. The van der Waals surface area contributed by atoms with Crippen LogP contribution in [-0.2, 0) is 4.74 Å². The molecule has 0 heterocycles. The number of esters is 1. The number of anilines is 1. The van der Waals surface area contributed by atoms with Crippen LogP contribution in [0.15, 0.2) is 18.2 Å². The molecule has 5 heteroatoms. The van der Waals surface area contributed by atoms with E-state index >= 15 is 0 Å². The first-order valence-electron chi connectivity index (χ1n) is 3.54. The van der Waals surface area contributed by atoms with Gasteiger partial charge in [-0.15, -0.1) is 0 Å². The summed E-state index contributed by atoms with van der Waals surface area (Å²) in [6.07, 6.45) is 0. The molecule has 0 aliphatic heterocycles. The van der Waals surface area contributed by atoms with Gasteiger partial charge in [0.05, 0.1) is 23.4 Å². The predicted molar refractivity (Wildman–Crippen MR) is 50.6 cm³/mol. The molecule has 3 N–H and O–H groups in total. The summed E-state index contributed by atoms with van der Waals surface area (Å²) in [5.41, 5.74) is 3.03. The van der Waals surface area contributed by atoms with E-state index in [1.807, 2.05) is 0 Å². The molecule has 1 aromatic rings. The highest BCUT2D eigenvalue weighted by Crippen LogP contribution is 2.25. The molecule has 70 valence electrons. The summed E-state index contributed by atoms with van der Waals surface area (Å²) in [4.78, 5) is 11.2. The van der Waals surface area contributed by atoms with Crippen molar-refractivity contribution in [2.24, 2.45) is 5.84 Å². The van der Waals surface area contributed by atoms with Crippen molar-refractivity contribution in [2.75, 3.05) is 12.5 Å². The van der Waals surface area contributed by atoms with Gasteiger partial charge in [-0.05, 0) is 12.1 Å². The molecule has 0 fully saturated rings. The number of carbonyl (C=O) groups is 1. The van der Waals surface area contributed by atoms with Crippen LogP contribution in [0.1, 0.15) is 10.4 Å². The molecular weight excluding hydrogens is 192 g/mol. The van der Waals surface area contributed by atoms with Crippen LogP contribution < -0.4 is 11.3 Å². The van der Waals surface area contributed by atoms with Crippen molar-refractivity contribution in [2.45, 2.75) is 0 Å². The number of ether oxygens (including phenoxy) is 1. The Morgan fingerprint density at radius 1 is 1.62 bits per heavy atom. The van der Waals surface area contributed by atoms with Gasteiger partial charge in [0.25, 0.3) is 0 Å². The number of para-hydroxylation sites is 1. The highest BCUT2D eigenvalue weighted by Gasteiger charge is 2.12. The molecule has 0 radical (unpaired) electrons. The van der Waals surface area contributed by atoms with Crippen molar-refractivity contribution in [1.82, 2.24) is 0 Å². The molecule has 13 heavy (non-hydrogen) atoms. The minimum absolute atomic E-state index is 0.317. The number of nitrogen functional groups attached to an aromatic ring is 1. The number of halogens is 1. The third-order valence-electron chi connectivity index (χ3n) is 1.56. The van der Waals surface area contributed by atoms with Crippen molar-refractivity contribution >= 4 is 23.3 Å². The van der Waals surface area contributed by atoms with E-state index in [1.165, 1.54) is 7.11 Å². The number of nitrogens with one attached hydrogen (secondary N) is 1. The Kier molecular flexibility index (Phi) is 3.11. The van der Waals surface area contributed by atoms with Crippen LogP contribution in [0.5, 0.6) is 0 Å². The monoisotopic (exact) mass is 200 g/mol. The first-order valence-corrected chi connectivity index (χ1v) is 3.92. The van der Waals surface area contributed by atoms with Gasteiger partial charge in [-0.1, -0.05) is 17.7 Å². The minimum atomic E-state index is -0.476. The number of methoxy groups -OCH3 is 1. The summed E-state index contributed by atoms with van der Waals surface area (Å²) in [6, 6.07) is 4.85. The van der Waals surface area contributed by atoms with Gasteiger partial charge in [-0.3, -0.25) is 5.84 Å². The van der Waals surface area contributed by atoms with Crippen molar-refractivity contribution in [3.63, 3.8) is 0 Å². The second kappa shape index (κ2) is 4.11. The van der Waals surface area contributed by atoms with E-state index in [0.29, 0.717) is 16.3 Å². The summed E-state index contributed by atoms with van der Waals surface area (Å²) in [5.74, 6) is 4.73. The minimum Gasteiger partial charge on any atom is -0.465 e. The van der Waals surface area contributed by atoms with Crippen molar-refractivity contribution in [3.05, 3.63) is 28.8 Å². The molecule has 0 saturated heterocycles. The summed E-state index contributed by atoms with van der Waals surface area (Å²) in [6.45, 7) is 0. The van der Waals surface area contributed by atoms with Crippen molar-refractivity contribution in [1.29, 1.82) is 0 Å². The van der Waals surface area contributed by atoms with E-state index in [4.69, 9.17) is 17.4 Å². The number of hydrogen-bond donors (Lipinski definition) is 2.